The zero-order valence-electron chi connectivity index (χ0n) is 22.0. The van der Waals surface area contributed by atoms with Gasteiger partial charge in [-0.1, -0.05) is 61.2 Å². The number of hydrogen-bond acceptors (Lipinski definition) is 4. The highest BCUT2D eigenvalue weighted by atomic mass is 19.1. The van der Waals surface area contributed by atoms with Gasteiger partial charge >= 0.3 is 0 Å². The fraction of sp³-hybridized carbons (Fsp3) is 0.156. The van der Waals surface area contributed by atoms with E-state index in [1.807, 2.05) is 43.3 Å². The summed E-state index contributed by atoms with van der Waals surface area (Å²) in [6.45, 7) is 10.5. The van der Waals surface area contributed by atoms with Gasteiger partial charge in [0.15, 0.2) is 0 Å². The summed E-state index contributed by atoms with van der Waals surface area (Å²) < 4.78 is 13.5. The lowest BCUT2D eigenvalue weighted by molar-refractivity contribution is 0.311. The second-order valence-corrected chi connectivity index (χ2v) is 9.28. The van der Waals surface area contributed by atoms with Crippen molar-refractivity contribution in [2.24, 2.45) is 5.73 Å². The monoisotopic (exact) mass is 508 g/mol. The predicted octanol–water partition coefficient (Wildman–Crippen LogP) is 6.98. The van der Waals surface area contributed by atoms with E-state index in [2.05, 4.69) is 60.0 Å². The Balaban J connectivity index is 0.000000206. The van der Waals surface area contributed by atoms with Crippen LogP contribution in [0.25, 0.3) is 39.2 Å². The maximum absolute atomic E-state index is 13.5. The van der Waals surface area contributed by atoms with Gasteiger partial charge in [-0.2, -0.15) is 0 Å². The minimum absolute atomic E-state index is 0.102. The molecule has 6 heteroatoms. The number of nitrogens with two attached hydrogens (primary N) is 1. The summed E-state index contributed by atoms with van der Waals surface area (Å²) in [6.07, 6.45) is 0. The van der Waals surface area contributed by atoms with E-state index in [1.165, 1.54) is 28.8 Å². The number of aromatic amines is 1. The standard InChI is InChI=1S/C21H17FN2.C11H16N2O/c1-13-6-3-4-8-16(13)20-14(2)7-5-9-17(20)21-23-18-11-10-15(22)12-19(18)24-21;1-8-3-4-10(9(2)12)11(7-8)13-5-6-14/h3-12H,1-2H3,(H,23,24);3-4,7,13-14H,2,5-6,12H2,1H3. The molecule has 0 aliphatic heterocycles. The summed E-state index contributed by atoms with van der Waals surface area (Å²) >= 11 is 0. The molecule has 38 heavy (non-hydrogen) atoms. The van der Waals surface area contributed by atoms with E-state index in [0.29, 0.717) is 17.8 Å². The Kier molecular flexibility index (Phi) is 8.24. The second-order valence-electron chi connectivity index (χ2n) is 9.28. The first-order valence-corrected chi connectivity index (χ1v) is 12.5. The Morgan fingerprint density at radius 3 is 2.42 bits per heavy atom. The summed E-state index contributed by atoms with van der Waals surface area (Å²) in [7, 11) is 0. The van der Waals surface area contributed by atoms with E-state index < -0.39 is 0 Å². The van der Waals surface area contributed by atoms with Crippen LogP contribution in [0.1, 0.15) is 22.3 Å². The van der Waals surface area contributed by atoms with Gasteiger partial charge in [-0.05, 0) is 72.9 Å². The molecular formula is C32H33FN4O. The van der Waals surface area contributed by atoms with Gasteiger partial charge in [-0.3, -0.25) is 0 Å². The summed E-state index contributed by atoms with van der Waals surface area (Å²) in [5, 5.41) is 11.8. The number of rotatable bonds is 6. The van der Waals surface area contributed by atoms with Crippen molar-refractivity contribution in [3.05, 3.63) is 114 Å². The van der Waals surface area contributed by atoms with E-state index in [0.717, 1.165) is 39.3 Å². The molecule has 0 fully saturated rings. The van der Waals surface area contributed by atoms with Crippen LogP contribution in [0.15, 0.2) is 85.4 Å². The number of fused-ring (bicyclic) bond motifs is 1. The van der Waals surface area contributed by atoms with E-state index >= 15 is 0 Å². The van der Waals surface area contributed by atoms with Crippen molar-refractivity contribution in [2.45, 2.75) is 20.8 Å². The third-order valence-corrected chi connectivity index (χ3v) is 6.33. The molecule has 0 atom stereocenters. The smallest absolute Gasteiger partial charge is 0.139 e. The lowest BCUT2D eigenvalue weighted by atomic mass is 9.92. The lowest BCUT2D eigenvalue weighted by Crippen LogP contribution is -2.08. The van der Waals surface area contributed by atoms with Gasteiger partial charge in [0.1, 0.15) is 11.6 Å². The largest absolute Gasteiger partial charge is 0.399 e. The number of aryl methyl sites for hydroxylation is 3. The molecule has 0 radical (unpaired) electrons. The first kappa shape index (κ1) is 26.6. The Labute approximate surface area is 222 Å². The highest BCUT2D eigenvalue weighted by molar-refractivity contribution is 5.88. The molecule has 194 valence electrons. The SMILES string of the molecule is C=C(N)c1ccc(C)cc1NCCO.Cc1ccccc1-c1c(C)cccc1-c1nc2ccc(F)cc2[nH]1. The van der Waals surface area contributed by atoms with Crippen LogP contribution < -0.4 is 11.1 Å². The number of nitrogens with zero attached hydrogens (tertiary/aromatic N) is 1. The third-order valence-electron chi connectivity index (χ3n) is 6.33. The molecule has 5 N–H and O–H groups in total. The molecule has 1 aromatic heterocycles. The summed E-state index contributed by atoms with van der Waals surface area (Å²) in [4.78, 5) is 7.92. The molecule has 0 saturated heterocycles. The number of aromatic nitrogens is 2. The first-order chi connectivity index (χ1) is 18.3. The molecule has 0 aliphatic rings. The van der Waals surface area contributed by atoms with Crippen LogP contribution in [0.2, 0.25) is 0 Å². The Bertz CT molecular complexity index is 1590. The van der Waals surface area contributed by atoms with Crippen molar-refractivity contribution in [1.82, 2.24) is 9.97 Å². The number of H-pyrrole nitrogens is 1. The number of imidazole rings is 1. The molecule has 5 rings (SSSR count). The van der Waals surface area contributed by atoms with Crippen LogP contribution >= 0.6 is 0 Å². The fourth-order valence-electron chi connectivity index (χ4n) is 4.46. The molecule has 0 spiro atoms. The van der Waals surface area contributed by atoms with Crippen LogP contribution in [0, 0.1) is 26.6 Å². The minimum atomic E-state index is -0.263. The molecular weight excluding hydrogens is 475 g/mol. The van der Waals surface area contributed by atoms with Gasteiger partial charge < -0.3 is 21.1 Å². The van der Waals surface area contributed by atoms with E-state index in [-0.39, 0.29) is 12.4 Å². The van der Waals surface area contributed by atoms with Crippen molar-refractivity contribution < 1.29 is 9.50 Å². The normalized spacial score (nSPS) is 10.7. The predicted molar refractivity (Wildman–Crippen MR) is 156 cm³/mol. The topological polar surface area (TPSA) is 87.0 Å². The highest BCUT2D eigenvalue weighted by Crippen LogP contribution is 2.36. The average molecular weight is 509 g/mol. The number of nitrogens with one attached hydrogen (secondary N) is 2. The zero-order chi connectivity index (χ0) is 27.2. The van der Waals surface area contributed by atoms with Gasteiger partial charge in [-0.15, -0.1) is 0 Å². The molecule has 4 aromatic carbocycles. The van der Waals surface area contributed by atoms with Gasteiger partial charge in [0.25, 0.3) is 0 Å². The molecule has 0 saturated carbocycles. The minimum Gasteiger partial charge on any atom is -0.399 e. The van der Waals surface area contributed by atoms with Gasteiger partial charge in [0.05, 0.1) is 17.6 Å². The molecule has 0 aliphatic carbocycles. The molecule has 5 aromatic rings. The highest BCUT2D eigenvalue weighted by Gasteiger charge is 2.15. The van der Waals surface area contributed by atoms with Crippen LogP contribution in [0.5, 0.6) is 0 Å². The van der Waals surface area contributed by atoms with Crippen molar-refractivity contribution in [3.8, 4) is 22.5 Å². The molecule has 0 amide bonds. The van der Waals surface area contributed by atoms with E-state index in [1.54, 1.807) is 6.07 Å². The van der Waals surface area contributed by atoms with Crippen molar-refractivity contribution in [2.75, 3.05) is 18.5 Å². The Morgan fingerprint density at radius 2 is 1.68 bits per heavy atom. The number of aliphatic hydroxyl groups is 1. The quantitative estimate of drug-likeness (QED) is 0.199. The fourth-order valence-corrected chi connectivity index (χ4v) is 4.46. The number of hydrogen-bond donors (Lipinski definition) is 4. The number of halogens is 1. The zero-order valence-corrected chi connectivity index (χ0v) is 22.0. The van der Waals surface area contributed by atoms with E-state index in [4.69, 9.17) is 10.8 Å². The van der Waals surface area contributed by atoms with Crippen molar-refractivity contribution >= 4 is 22.4 Å². The first-order valence-electron chi connectivity index (χ1n) is 12.5. The Hall–Kier alpha value is -4.42. The van der Waals surface area contributed by atoms with Gasteiger partial charge in [0, 0.05) is 29.1 Å². The second kappa shape index (κ2) is 11.8. The molecule has 1 heterocycles. The lowest BCUT2D eigenvalue weighted by Gasteiger charge is -2.13. The van der Waals surface area contributed by atoms with Crippen LogP contribution in [0.4, 0.5) is 10.1 Å². The summed E-state index contributed by atoms with van der Waals surface area (Å²) in [6, 6.07) is 25.0. The van der Waals surface area contributed by atoms with E-state index in [9.17, 15) is 4.39 Å². The van der Waals surface area contributed by atoms with Gasteiger partial charge in [0.2, 0.25) is 0 Å². The Morgan fingerprint density at radius 1 is 0.947 bits per heavy atom. The summed E-state index contributed by atoms with van der Waals surface area (Å²) in [5.74, 6) is 0.499. The third kappa shape index (κ3) is 5.93. The van der Waals surface area contributed by atoms with Crippen LogP contribution in [0.3, 0.4) is 0 Å². The maximum Gasteiger partial charge on any atom is 0.139 e. The average Bonchev–Trinajstić information content (AvgIpc) is 3.31. The van der Waals surface area contributed by atoms with Crippen molar-refractivity contribution in [1.29, 1.82) is 0 Å². The molecule has 0 bridgehead atoms. The molecule has 5 nitrogen and oxygen atoms in total. The summed E-state index contributed by atoms with van der Waals surface area (Å²) in [5.41, 5.74) is 16.4. The van der Waals surface area contributed by atoms with Crippen molar-refractivity contribution in [3.63, 3.8) is 0 Å². The number of aliphatic hydroxyl groups excluding tert-OH is 1. The maximum atomic E-state index is 13.5. The van der Waals surface area contributed by atoms with Crippen LogP contribution in [-0.2, 0) is 0 Å². The molecule has 0 unspecified atom stereocenters. The van der Waals surface area contributed by atoms with Gasteiger partial charge in [-0.25, -0.2) is 9.37 Å². The number of anilines is 1. The number of benzene rings is 4. The van der Waals surface area contributed by atoms with Crippen LogP contribution in [-0.4, -0.2) is 28.2 Å².